The molecule has 84 valence electrons. The zero-order valence-corrected chi connectivity index (χ0v) is 10.0. The summed E-state index contributed by atoms with van der Waals surface area (Å²) in [6.07, 6.45) is -0.0779. The number of carbonyl (C=O) groups is 1. The van der Waals surface area contributed by atoms with Crippen molar-refractivity contribution in [1.29, 1.82) is 5.26 Å². The highest BCUT2D eigenvalue weighted by Gasteiger charge is 2.19. The minimum absolute atomic E-state index is 0.0333. The third kappa shape index (κ3) is 2.86. The van der Waals surface area contributed by atoms with E-state index in [1.165, 1.54) is 13.0 Å². The Morgan fingerprint density at radius 2 is 2.12 bits per heavy atom. The quantitative estimate of drug-likeness (QED) is 0.800. The van der Waals surface area contributed by atoms with Crippen LogP contribution in [0.1, 0.15) is 24.8 Å². The Hall–Kier alpha value is -1.28. The molecule has 1 aromatic rings. The van der Waals surface area contributed by atoms with E-state index >= 15 is 0 Å². The molecule has 0 amide bonds. The first-order valence-electron chi connectivity index (χ1n) is 4.49. The number of benzene rings is 1. The van der Waals surface area contributed by atoms with E-state index in [0.717, 1.165) is 0 Å². The number of halogens is 3. The number of nitrogens with zero attached hydrogens (tertiary/aromatic N) is 1. The van der Waals surface area contributed by atoms with Crippen LogP contribution in [0.15, 0.2) is 16.6 Å². The van der Waals surface area contributed by atoms with Crippen molar-refractivity contribution in [3.8, 4) is 6.07 Å². The van der Waals surface area contributed by atoms with Gasteiger partial charge in [0.25, 0.3) is 0 Å². The van der Waals surface area contributed by atoms with Crippen LogP contribution in [0.5, 0.6) is 0 Å². The molecule has 0 saturated heterocycles. The van der Waals surface area contributed by atoms with Crippen molar-refractivity contribution >= 4 is 21.7 Å². The smallest absolute Gasteiger partial charge is 0.140 e. The Balaban J connectivity index is 3.16. The lowest BCUT2D eigenvalue weighted by molar-refractivity contribution is -0.117. The summed E-state index contributed by atoms with van der Waals surface area (Å²) in [6.45, 7) is 1.32. The Morgan fingerprint density at radius 1 is 1.50 bits per heavy atom. The van der Waals surface area contributed by atoms with Gasteiger partial charge in [0.2, 0.25) is 0 Å². The summed E-state index contributed by atoms with van der Waals surface area (Å²) in [5, 5.41) is 8.84. The minimum Gasteiger partial charge on any atom is -0.300 e. The molecule has 5 heteroatoms. The van der Waals surface area contributed by atoms with Crippen molar-refractivity contribution in [3.63, 3.8) is 0 Å². The number of hydrogen-bond donors (Lipinski definition) is 0. The maximum atomic E-state index is 13.4. The molecule has 2 nitrogen and oxygen atoms in total. The van der Waals surface area contributed by atoms with Crippen LogP contribution in [0.3, 0.4) is 0 Å². The van der Waals surface area contributed by atoms with Crippen LogP contribution >= 0.6 is 15.9 Å². The third-order valence-electron chi connectivity index (χ3n) is 2.06. The van der Waals surface area contributed by atoms with Crippen molar-refractivity contribution < 1.29 is 13.6 Å². The number of rotatable bonds is 3. The van der Waals surface area contributed by atoms with Gasteiger partial charge in [0.15, 0.2) is 0 Å². The molecular formula is C11H8BrF2NO. The summed E-state index contributed by atoms with van der Waals surface area (Å²) in [5.41, 5.74) is 0.0333. The second-order valence-corrected chi connectivity index (χ2v) is 4.23. The molecule has 0 spiro atoms. The van der Waals surface area contributed by atoms with Crippen LogP contribution in [0.4, 0.5) is 8.78 Å². The van der Waals surface area contributed by atoms with Crippen LogP contribution in [0.25, 0.3) is 0 Å². The van der Waals surface area contributed by atoms with Gasteiger partial charge in [-0.05, 0) is 28.9 Å². The summed E-state index contributed by atoms with van der Waals surface area (Å²) in [6, 6.07) is 3.73. The van der Waals surface area contributed by atoms with Gasteiger partial charge in [0.1, 0.15) is 17.4 Å². The van der Waals surface area contributed by atoms with Gasteiger partial charge in [-0.1, -0.05) is 0 Å². The molecule has 0 fully saturated rings. The molecule has 1 rings (SSSR count). The molecule has 0 bridgehead atoms. The summed E-state index contributed by atoms with van der Waals surface area (Å²) in [7, 11) is 0. The second-order valence-electron chi connectivity index (χ2n) is 3.38. The Morgan fingerprint density at radius 3 is 2.62 bits per heavy atom. The first-order valence-corrected chi connectivity index (χ1v) is 5.28. The van der Waals surface area contributed by atoms with Crippen LogP contribution in [-0.4, -0.2) is 5.78 Å². The predicted octanol–water partition coefficient (Wildman–Crippen LogP) is 3.31. The maximum absolute atomic E-state index is 13.4. The molecule has 0 radical (unpaired) electrons. The fraction of sp³-hybridized carbons (Fsp3) is 0.273. The number of Topliss-reactive ketones (excluding diaryl/α,β-unsaturated/α-hetero) is 1. The summed E-state index contributed by atoms with van der Waals surface area (Å²) >= 11 is 2.91. The van der Waals surface area contributed by atoms with E-state index in [9.17, 15) is 13.6 Å². The average Bonchev–Trinajstić information content (AvgIpc) is 2.20. The van der Waals surface area contributed by atoms with Gasteiger partial charge >= 0.3 is 0 Å². The monoisotopic (exact) mass is 287 g/mol. The van der Waals surface area contributed by atoms with Crippen molar-refractivity contribution in [2.24, 2.45) is 0 Å². The number of carbonyl (C=O) groups excluding carboxylic acids is 1. The van der Waals surface area contributed by atoms with E-state index in [4.69, 9.17) is 5.26 Å². The Kier molecular flexibility index (Phi) is 4.13. The van der Waals surface area contributed by atoms with Gasteiger partial charge in [-0.3, -0.25) is 4.79 Å². The molecule has 0 heterocycles. The zero-order valence-electron chi connectivity index (χ0n) is 8.43. The first-order chi connectivity index (χ1) is 7.45. The summed E-state index contributed by atoms with van der Waals surface area (Å²) < 4.78 is 26.4. The van der Waals surface area contributed by atoms with Gasteiger partial charge in [0.05, 0.1) is 16.5 Å². The fourth-order valence-electron chi connectivity index (χ4n) is 1.32. The molecule has 0 aromatic heterocycles. The third-order valence-corrected chi connectivity index (χ3v) is 2.67. The molecule has 0 aliphatic heterocycles. The van der Waals surface area contributed by atoms with Crippen LogP contribution in [0.2, 0.25) is 0 Å². The highest BCUT2D eigenvalue weighted by Crippen LogP contribution is 2.27. The van der Waals surface area contributed by atoms with Crippen molar-refractivity contribution in [2.45, 2.75) is 19.3 Å². The van der Waals surface area contributed by atoms with Gasteiger partial charge < -0.3 is 0 Å². The fourth-order valence-corrected chi connectivity index (χ4v) is 1.68. The number of ketones is 1. The molecule has 0 N–H and O–H groups in total. The average molecular weight is 288 g/mol. The van der Waals surface area contributed by atoms with Crippen molar-refractivity contribution in [3.05, 3.63) is 33.8 Å². The van der Waals surface area contributed by atoms with Gasteiger partial charge in [-0.2, -0.15) is 5.26 Å². The SMILES string of the molecule is CC(=O)CC(C#N)c1cc(Br)c(F)cc1F. The molecule has 1 aromatic carbocycles. The van der Waals surface area contributed by atoms with E-state index in [-0.39, 0.29) is 22.2 Å². The maximum Gasteiger partial charge on any atom is 0.140 e. The highest BCUT2D eigenvalue weighted by molar-refractivity contribution is 9.10. The Bertz CT molecular complexity index is 468. The number of nitriles is 1. The molecular weight excluding hydrogens is 280 g/mol. The van der Waals surface area contributed by atoms with Gasteiger partial charge in [-0.25, -0.2) is 8.78 Å². The largest absolute Gasteiger partial charge is 0.300 e. The lowest BCUT2D eigenvalue weighted by Gasteiger charge is -2.09. The minimum atomic E-state index is -0.880. The zero-order chi connectivity index (χ0) is 12.3. The lowest BCUT2D eigenvalue weighted by Crippen LogP contribution is -2.05. The normalized spacial score (nSPS) is 11.9. The van der Waals surface area contributed by atoms with E-state index in [0.29, 0.717) is 6.07 Å². The van der Waals surface area contributed by atoms with E-state index in [1.54, 1.807) is 0 Å². The Labute approximate surface area is 100 Å². The van der Waals surface area contributed by atoms with Crippen LogP contribution in [-0.2, 0) is 4.79 Å². The van der Waals surface area contributed by atoms with E-state index in [2.05, 4.69) is 15.9 Å². The first kappa shape index (κ1) is 12.8. The molecule has 1 unspecified atom stereocenters. The van der Waals surface area contributed by atoms with E-state index < -0.39 is 17.6 Å². The number of hydrogen-bond acceptors (Lipinski definition) is 2. The molecule has 0 aliphatic rings. The summed E-state index contributed by atoms with van der Waals surface area (Å²) in [4.78, 5) is 10.9. The van der Waals surface area contributed by atoms with Gasteiger partial charge in [0, 0.05) is 18.1 Å². The molecule has 0 saturated carbocycles. The molecule has 1 atom stereocenters. The highest BCUT2D eigenvalue weighted by atomic mass is 79.9. The molecule has 16 heavy (non-hydrogen) atoms. The van der Waals surface area contributed by atoms with Crippen LogP contribution < -0.4 is 0 Å². The molecule has 0 aliphatic carbocycles. The standard InChI is InChI=1S/C11H8BrF2NO/c1-6(16)2-7(5-15)8-3-9(12)11(14)4-10(8)13/h3-4,7H,2H2,1H3. The van der Waals surface area contributed by atoms with Crippen molar-refractivity contribution in [2.75, 3.05) is 0 Å². The van der Waals surface area contributed by atoms with Gasteiger partial charge in [-0.15, -0.1) is 0 Å². The predicted molar refractivity (Wildman–Crippen MR) is 57.7 cm³/mol. The lowest BCUT2D eigenvalue weighted by atomic mass is 9.95. The van der Waals surface area contributed by atoms with E-state index in [1.807, 2.05) is 6.07 Å². The van der Waals surface area contributed by atoms with Crippen molar-refractivity contribution in [1.82, 2.24) is 0 Å². The topological polar surface area (TPSA) is 40.9 Å². The summed E-state index contributed by atoms with van der Waals surface area (Å²) in [5.74, 6) is -2.64. The second kappa shape index (κ2) is 5.17. The van der Waals surface area contributed by atoms with Crippen LogP contribution in [0, 0.1) is 23.0 Å².